The summed E-state index contributed by atoms with van der Waals surface area (Å²) in [5.74, 6) is 0.674. The van der Waals surface area contributed by atoms with Gasteiger partial charge in [-0.15, -0.1) is 0 Å². The highest BCUT2D eigenvalue weighted by atomic mass is 16.5. The summed E-state index contributed by atoms with van der Waals surface area (Å²) in [5, 5.41) is 3.18. The van der Waals surface area contributed by atoms with E-state index in [9.17, 15) is 0 Å². The van der Waals surface area contributed by atoms with E-state index in [-0.39, 0.29) is 0 Å². The Bertz CT molecular complexity index is 148. The molecule has 0 aromatic rings. The molecule has 0 aromatic carbocycles. The Morgan fingerprint density at radius 1 is 1.67 bits per heavy atom. The van der Waals surface area contributed by atoms with Crippen LogP contribution in [0.3, 0.4) is 0 Å². The number of likely N-dealkylation sites (N-methyl/N-ethyl adjacent to an activating group) is 1. The highest BCUT2D eigenvalue weighted by Crippen LogP contribution is 2.16. The van der Waals surface area contributed by atoms with Crippen molar-refractivity contribution in [2.24, 2.45) is 5.92 Å². The first-order valence-electron chi connectivity index (χ1n) is 4.78. The molecular weight excluding hydrogens is 150 g/mol. The molecule has 0 aromatic heterocycles. The van der Waals surface area contributed by atoms with E-state index in [0.29, 0.717) is 5.92 Å². The fraction of sp³-hybridized carbons (Fsp3) is 0.800. The highest BCUT2D eigenvalue weighted by Gasteiger charge is 2.12. The van der Waals surface area contributed by atoms with E-state index in [2.05, 4.69) is 18.3 Å². The minimum Gasteiger partial charge on any atom is -0.381 e. The summed E-state index contributed by atoms with van der Waals surface area (Å²) in [5.41, 5.74) is 1.51. The maximum atomic E-state index is 5.32. The summed E-state index contributed by atoms with van der Waals surface area (Å²) in [6.45, 7) is 5.09. The average molecular weight is 169 g/mol. The fourth-order valence-electron chi connectivity index (χ4n) is 1.55. The molecule has 1 N–H and O–H groups in total. The van der Waals surface area contributed by atoms with Gasteiger partial charge in [-0.2, -0.15) is 0 Å². The smallest absolute Gasteiger partial charge is 0.0529 e. The quantitative estimate of drug-likeness (QED) is 0.645. The Kier molecular flexibility index (Phi) is 4.33. The van der Waals surface area contributed by atoms with Crippen molar-refractivity contribution in [1.29, 1.82) is 0 Å². The molecule has 1 rings (SSSR count). The van der Waals surface area contributed by atoms with Crippen molar-refractivity contribution in [2.45, 2.75) is 19.8 Å². The lowest BCUT2D eigenvalue weighted by Gasteiger charge is -2.06. The Balaban J connectivity index is 2.38. The summed E-state index contributed by atoms with van der Waals surface area (Å²) in [7, 11) is 1.99. The predicted molar refractivity (Wildman–Crippen MR) is 51.2 cm³/mol. The molecule has 12 heavy (non-hydrogen) atoms. The zero-order valence-electron chi connectivity index (χ0n) is 8.10. The summed E-state index contributed by atoms with van der Waals surface area (Å²) in [6.07, 6.45) is 4.73. The van der Waals surface area contributed by atoms with Gasteiger partial charge in [-0.25, -0.2) is 0 Å². The molecule has 1 fully saturated rings. The molecule has 1 aliphatic rings. The Hall–Kier alpha value is -0.340. The number of hydrogen-bond acceptors (Lipinski definition) is 2. The van der Waals surface area contributed by atoms with Gasteiger partial charge in [0.25, 0.3) is 0 Å². The van der Waals surface area contributed by atoms with Gasteiger partial charge in [0, 0.05) is 19.1 Å². The van der Waals surface area contributed by atoms with Crippen LogP contribution in [0.1, 0.15) is 19.8 Å². The van der Waals surface area contributed by atoms with Crippen molar-refractivity contribution in [3.05, 3.63) is 11.6 Å². The van der Waals surface area contributed by atoms with E-state index >= 15 is 0 Å². The molecule has 1 unspecified atom stereocenters. The van der Waals surface area contributed by atoms with Crippen LogP contribution < -0.4 is 5.32 Å². The lowest BCUT2D eigenvalue weighted by Crippen LogP contribution is -2.11. The first kappa shape index (κ1) is 9.75. The highest BCUT2D eigenvalue weighted by molar-refractivity contribution is 5.06. The number of hydrogen-bond donors (Lipinski definition) is 1. The van der Waals surface area contributed by atoms with Crippen molar-refractivity contribution in [3.63, 3.8) is 0 Å². The summed E-state index contributed by atoms with van der Waals surface area (Å²) in [4.78, 5) is 0. The molecule has 0 spiro atoms. The van der Waals surface area contributed by atoms with Crippen molar-refractivity contribution >= 4 is 0 Å². The molecule has 2 heteroatoms. The molecule has 0 aliphatic carbocycles. The van der Waals surface area contributed by atoms with E-state index in [0.717, 1.165) is 26.2 Å². The van der Waals surface area contributed by atoms with E-state index in [1.54, 1.807) is 0 Å². The van der Waals surface area contributed by atoms with Gasteiger partial charge in [0.05, 0.1) is 6.61 Å². The lowest BCUT2D eigenvalue weighted by atomic mass is 10.0. The van der Waals surface area contributed by atoms with Crippen LogP contribution in [0.2, 0.25) is 0 Å². The SMILES string of the molecule is CC/C(=C\C1CCOC1)CNC. The first-order valence-corrected chi connectivity index (χ1v) is 4.78. The number of ether oxygens (including phenoxy) is 1. The monoisotopic (exact) mass is 169 g/mol. The Morgan fingerprint density at radius 2 is 2.50 bits per heavy atom. The maximum absolute atomic E-state index is 5.32. The largest absolute Gasteiger partial charge is 0.381 e. The Morgan fingerprint density at radius 3 is 3.00 bits per heavy atom. The normalized spacial score (nSPS) is 24.8. The van der Waals surface area contributed by atoms with Gasteiger partial charge in [-0.3, -0.25) is 0 Å². The molecule has 1 heterocycles. The van der Waals surface area contributed by atoms with Crippen molar-refractivity contribution in [2.75, 3.05) is 26.8 Å². The van der Waals surface area contributed by atoms with Crippen LogP contribution in [0.5, 0.6) is 0 Å². The van der Waals surface area contributed by atoms with Crippen molar-refractivity contribution in [3.8, 4) is 0 Å². The number of nitrogens with one attached hydrogen (secondary N) is 1. The molecule has 70 valence electrons. The topological polar surface area (TPSA) is 21.3 Å². The van der Waals surface area contributed by atoms with Gasteiger partial charge >= 0.3 is 0 Å². The minimum atomic E-state index is 0.674. The van der Waals surface area contributed by atoms with E-state index < -0.39 is 0 Å². The molecule has 1 aliphatic heterocycles. The minimum absolute atomic E-state index is 0.674. The van der Waals surface area contributed by atoms with E-state index in [1.165, 1.54) is 12.0 Å². The zero-order chi connectivity index (χ0) is 8.81. The van der Waals surface area contributed by atoms with Gasteiger partial charge in [0.2, 0.25) is 0 Å². The fourth-order valence-corrected chi connectivity index (χ4v) is 1.55. The van der Waals surface area contributed by atoms with Crippen LogP contribution in [-0.2, 0) is 4.74 Å². The predicted octanol–water partition coefficient (Wildman–Crippen LogP) is 1.58. The van der Waals surface area contributed by atoms with Gasteiger partial charge in [-0.05, 0) is 19.9 Å². The molecule has 0 amide bonds. The standard InChI is InChI=1S/C10H19NO/c1-3-9(7-11-2)6-10-4-5-12-8-10/h6,10-11H,3-5,7-8H2,1-2H3/b9-6+. The van der Waals surface area contributed by atoms with Gasteiger partial charge in [-0.1, -0.05) is 18.6 Å². The number of rotatable bonds is 4. The second-order valence-corrected chi connectivity index (χ2v) is 3.33. The molecular formula is C10H19NO. The van der Waals surface area contributed by atoms with Crippen LogP contribution in [0.15, 0.2) is 11.6 Å². The molecule has 0 radical (unpaired) electrons. The van der Waals surface area contributed by atoms with Crippen LogP contribution >= 0.6 is 0 Å². The second-order valence-electron chi connectivity index (χ2n) is 3.33. The lowest BCUT2D eigenvalue weighted by molar-refractivity contribution is 0.191. The third-order valence-electron chi connectivity index (χ3n) is 2.29. The van der Waals surface area contributed by atoms with Crippen LogP contribution in [-0.4, -0.2) is 26.8 Å². The zero-order valence-corrected chi connectivity index (χ0v) is 8.10. The van der Waals surface area contributed by atoms with Gasteiger partial charge in [0.1, 0.15) is 0 Å². The molecule has 0 bridgehead atoms. The van der Waals surface area contributed by atoms with Crippen LogP contribution in [0.4, 0.5) is 0 Å². The second kappa shape index (κ2) is 5.33. The first-order chi connectivity index (χ1) is 5.86. The van der Waals surface area contributed by atoms with E-state index in [1.807, 2.05) is 7.05 Å². The molecule has 0 saturated carbocycles. The van der Waals surface area contributed by atoms with Crippen LogP contribution in [0, 0.1) is 5.92 Å². The summed E-state index contributed by atoms with van der Waals surface area (Å²) >= 11 is 0. The molecule has 1 saturated heterocycles. The summed E-state index contributed by atoms with van der Waals surface area (Å²) in [6, 6.07) is 0. The summed E-state index contributed by atoms with van der Waals surface area (Å²) < 4.78 is 5.32. The third-order valence-corrected chi connectivity index (χ3v) is 2.29. The van der Waals surface area contributed by atoms with Gasteiger partial charge < -0.3 is 10.1 Å². The van der Waals surface area contributed by atoms with Crippen molar-refractivity contribution in [1.82, 2.24) is 5.32 Å². The van der Waals surface area contributed by atoms with Gasteiger partial charge in [0.15, 0.2) is 0 Å². The average Bonchev–Trinajstić information content (AvgIpc) is 2.56. The van der Waals surface area contributed by atoms with Crippen LogP contribution in [0.25, 0.3) is 0 Å². The van der Waals surface area contributed by atoms with E-state index in [4.69, 9.17) is 4.74 Å². The maximum Gasteiger partial charge on any atom is 0.0529 e. The van der Waals surface area contributed by atoms with Crippen molar-refractivity contribution < 1.29 is 4.74 Å². The molecule has 2 nitrogen and oxygen atoms in total. The molecule has 1 atom stereocenters. The Labute approximate surface area is 75.0 Å². The third kappa shape index (κ3) is 2.95.